The zero-order valence-corrected chi connectivity index (χ0v) is 16.6. The Labute approximate surface area is 151 Å². The Hall–Kier alpha value is 0.580. The monoisotopic (exact) mass is 486 g/mol. The number of aliphatic hydroxyl groups is 2. The van der Waals surface area contributed by atoms with E-state index in [1.807, 2.05) is 0 Å². The average Bonchev–Trinajstić information content (AvgIpc) is 2.84. The van der Waals surface area contributed by atoms with Gasteiger partial charge in [0.2, 0.25) is 0 Å². The highest BCUT2D eigenvalue weighted by Crippen LogP contribution is 2.30. The molecule has 1 heterocycles. The summed E-state index contributed by atoms with van der Waals surface area (Å²) in [5.74, 6) is 0. The molecule has 0 aromatic rings. The molecule has 5 atom stereocenters. The van der Waals surface area contributed by atoms with E-state index in [1.165, 1.54) is 0 Å². The molecule has 0 aromatic carbocycles. The van der Waals surface area contributed by atoms with Crippen LogP contribution in [0.1, 0.15) is 32.6 Å². The highest BCUT2D eigenvalue weighted by Gasteiger charge is 2.39. The molecule has 6 heteroatoms. The number of aliphatic hydroxyl groups excluding tert-OH is 2. The van der Waals surface area contributed by atoms with Gasteiger partial charge >= 0.3 is 0 Å². The van der Waals surface area contributed by atoms with Gasteiger partial charge in [-0.2, -0.15) is 0 Å². The van der Waals surface area contributed by atoms with Crippen molar-refractivity contribution in [2.45, 2.75) is 61.9 Å². The zero-order valence-electron chi connectivity index (χ0n) is 11.9. The largest absolute Gasteiger partial charge is 0.392 e. The van der Waals surface area contributed by atoms with E-state index in [1.54, 1.807) is 11.1 Å². The summed E-state index contributed by atoms with van der Waals surface area (Å²) in [7, 11) is 0. The minimum atomic E-state index is -0.583. The van der Waals surface area contributed by atoms with E-state index in [9.17, 15) is 10.2 Å². The van der Waals surface area contributed by atoms with E-state index in [4.69, 9.17) is 4.74 Å². The predicted octanol–water partition coefficient (Wildman–Crippen LogP) is 4.16. The molecule has 1 saturated heterocycles. The predicted molar refractivity (Wildman–Crippen MR) is 96.1 cm³/mol. The van der Waals surface area contributed by atoms with Crippen molar-refractivity contribution in [1.29, 1.82) is 0 Å². The van der Waals surface area contributed by atoms with Gasteiger partial charge in [-0.05, 0) is 29.8 Å². The Balaban J connectivity index is 2.50. The Morgan fingerprint density at radius 1 is 1.52 bits per heavy atom. The molecule has 2 N–H and O–H groups in total. The number of hydrogen-bond donors (Lipinski definition) is 2. The van der Waals surface area contributed by atoms with Gasteiger partial charge in [-0.25, -0.2) is 0 Å². The van der Waals surface area contributed by atoms with Gasteiger partial charge in [0.25, 0.3) is 0 Å². The first-order valence-electron chi connectivity index (χ1n) is 7.01. The number of rotatable bonds is 7. The first-order valence-corrected chi connectivity index (χ1v) is 9.63. The van der Waals surface area contributed by atoms with Crippen LogP contribution in [0.5, 0.6) is 0 Å². The second-order valence-electron chi connectivity index (χ2n) is 4.98. The molecule has 0 spiro atoms. The molecule has 1 aliphatic rings. The summed E-state index contributed by atoms with van der Waals surface area (Å²) in [4.78, 5) is 1.33. The van der Waals surface area contributed by atoms with Crippen molar-refractivity contribution in [3.05, 3.63) is 27.4 Å². The fourth-order valence-electron chi connectivity index (χ4n) is 2.19. The van der Waals surface area contributed by atoms with E-state index >= 15 is 0 Å². The zero-order chi connectivity index (χ0) is 15.8. The van der Waals surface area contributed by atoms with E-state index in [0.717, 1.165) is 17.3 Å². The van der Waals surface area contributed by atoms with Crippen molar-refractivity contribution >= 4 is 47.8 Å². The smallest absolute Gasteiger partial charge is 0.0993 e. The van der Waals surface area contributed by atoms with Gasteiger partial charge in [0.15, 0.2) is 0 Å². The summed E-state index contributed by atoms with van der Waals surface area (Å²) >= 11 is 10.1. The third-order valence-corrected chi connectivity index (χ3v) is 5.66. The molecule has 0 bridgehead atoms. The van der Waals surface area contributed by atoms with Crippen LogP contribution in [-0.4, -0.2) is 39.5 Å². The molecular formula is C15H21Br3O3. The van der Waals surface area contributed by atoms with E-state index in [2.05, 4.69) is 66.5 Å². The van der Waals surface area contributed by atoms with Crippen LogP contribution in [0.3, 0.4) is 0 Å². The van der Waals surface area contributed by atoms with Gasteiger partial charge < -0.3 is 14.9 Å². The summed E-state index contributed by atoms with van der Waals surface area (Å²) in [6.45, 7) is 2.07. The topological polar surface area (TPSA) is 49.7 Å². The molecule has 0 aliphatic carbocycles. The lowest BCUT2D eigenvalue weighted by molar-refractivity contribution is -0.00263. The molecule has 0 amide bonds. The summed E-state index contributed by atoms with van der Waals surface area (Å²) in [5, 5.41) is 20.3. The maximum atomic E-state index is 10.2. The summed E-state index contributed by atoms with van der Waals surface area (Å²) in [6.07, 6.45) is 5.01. The molecular weight excluding hydrogens is 468 g/mol. The van der Waals surface area contributed by atoms with Gasteiger partial charge in [0.1, 0.15) is 0 Å². The van der Waals surface area contributed by atoms with Crippen LogP contribution in [-0.2, 0) is 4.74 Å². The van der Waals surface area contributed by atoms with Crippen molar-refractivity contribution in [2.24, 2.45) is 0 Å². The Bertz CT molecular complexity index is 405. The Morgan fingerprint density at radius 3 is 2.86 bits per heavy atom. The minimum absolute atomic E-state index is 0.166. The van der Waals surface area contributed by atoms with Crippen LogP contribution in [0.15, 0.2) is 27.4 Å². The minimum Gasteiger partial charge on any atom is -0.392 e. The van der Waals surface area contributed by atoms with E-state index in [0.29, 0.717) is 12.8 Å². The van der Waals surface area contributed by atoms with Gasteiger partial charge in [0.05, 0.1) is 29.2 Å². The molecule has 1 rings (SSSR count). The fraction of sp³-hybridized carbons (Fsp3) is 0.667. The number of halogens is 3. The molecule has 1 fully saturated rings. The highest BCUT2D eigenvalue weighted by molar-refractivity contribution is 9.11. The maximum Gasteiger partial charge on any atom is 0.0993 e. The summed E-state index contributed by atoms with van der Waals surface area (Å²) in [5.41, 5.74) is 2.89. The van der Waals surface area contributed by atoms with Crippen LogP contribution in [0, 0.1) is 0 Å². The van der Waals surface area contributed by atoms with Gasteiger partial charge in [-0.1, -0.05) is 60.8 Å². The van der Waals surface area contributed by atoms with Crippen LogP contribution in [0.25, 0.3) is 0 Å². The third kappa shape index (κ3) is 6.69. The van der Waals surface area contributed by atoms with E-state index < -0.39 is 18.3 Å². The van der Waals surface area contributed by atoms with Crippen molar-refractivity contribution < 1.29 is 14.9 Å². The first-order chi connectivity index (χ1) is 9.99. The lowest BCUT2D eigenvalue weighted by Gasteiger charge is -2.24. The lowest BCUT2D eigenvalue weighted by atomic mass is 10.0. The molecule has 1 aliphatic heterocycles. The molecule has 0 aromatic heterocycles. The molecule has 21 heavy (non-hydrogen) atoms. The van der Waals surface area contributed by atoms with Crippen LogP contribution < -0.4 is 0 Å². The maximum absolute atomic E-state index is 10.2. The summed E-state index contributed by atoms with van der Waals surface area (Å²) in [6, 6.07) is 0. The molecule has 5 unspecified atom stereocenters. The van der Waals surface area contributed by atoms with Crippen molar-refractivity contribution in [1.82, 2.24) is 0 Å². The fourth-order valence-corrected chi connectivity index (χ4v) is 3.31. The standard InChI is InChI=1S/C15H21Br3O3/c1-2-10(17)5-3-7-12(19)14(18)15-13(20)9-11(21-15)6-4-8-16/h5-6,8,11-15,19-20H,2-3,7,9H2,1H3. The molecule has 0 saturated carbocycles. The van der Waals surface area contributed by atoms with Gasteiger partial charge in [-0.3, -0.25) is 0 Å². The van der Waals surface area contributed by atoms with Crippen LogP contribution in [0.4, 0.5) is 0 Å². The number of ether oxygens (including phenoxy) is 1. The molecule has 120 valence electrons. The Kier molecular flexibility index (Phi) is 9.69. The number of allylic oxidation sites excluding steroid dienone is 2. The van der Waals surface area contributed by atoms with Gasteiger partial charge in [0, 0.05) is 11.4 Å². The molecule has 0 radical (unpaired) electrons. The summed E-state index contributed by atoms with van der Waals surface area (Å²) < 4.78 is 6.91. The van der Waals surface area contributed by atoms with Gasteiger partial charge in [-0.15, -0.1) is 5.73 Å². The SMILES string of the molecule is CCC(Br)=CCCC(O)C(Br)C1OC(C=C=CBr)CC1O. The number of alkyl halides is 1. The quantitative estimate of drug-likeness (QED) is 0.418. The second kappa shape index (κ2) is 10.4. The second-order valence-corrected chi connectivity index (χ2v) is 7.51. The van der Waals surface area contributed by atoms with Crippen LogP contribution >= 0.6 is 47.8 Å². The average molecular weight is 489 g/mol. The van der Waals surface area contributed by atoms with Crippen molar-refractivity contribution in [2.75, 3.05) is 0 Å². The Morgan fingerprint density at radius 2 is 2.24 bits per heavy atom. The van der Waals surface area contributed by atoms with Crippen molar-refractivity contribution in [3.8, 4) is 0 Å². The number of hydrogen-bond acceptors (Lipinski definition) is 3. The normalized spacial score (nSPS) is 28.9. The lowest BCUT2D eigenvalue weighted by Crippen LogP contribution is -2.38. The van der Waals surface area contributed by atoms with Crippen LogP contribution in [0.2, 0.25) is 0 Å². The third-order valence-electron chi connectivity index (χ3n) is 3.38. The van der Waals surface area contributed by atoms with Crippen molar-refractivity contribution in [3.63, 3.8) is 0 Å². The first kappa shape index (κ1) is 19.6. The highest BCUT2D eigenvalue weighted by atomic mass is 79.9. The molecule has 3 nitrogen and oxygen atoms in total. The van der Waals surface area contributed by atoms with E-state index in [-0.39, 0.29) is 10.9 Å².